The fourth-order valence-electron chi connectivity index (χ4n) is 3.26. The van der Waals surface area contributed by atoms with Crippen LogP contribution in [0, 0.1) is 17.3 Å². The van der Waals surface area contributed by atoms with Crippen LogP contribution in [-0.2, 0) is 14.3 Å². The van der Waals surface area contributed by atoms with E-state index in [2.05, 4.69) is 0 Å². The molecule has 1 saturated heterocycles. The van der Waals surface area contributed by atoms with E-state index >= 15 is 0 Å². The number of carboxylic acid groups (broad SMARTS) is 1. The molecular formula is C14H23NO4. The van der Waals surface area contributed by atoms with E-state index in [1.165, 1.54) is 0 Å². The second-order valence-corrected chi connectivity index (χ2v) is 6.01. The quantitative estimate of drug-likeness (QED) is 0.818. The highest BCUT2D eigenvalue weighted by atomic mass is 16.5. The van der Waals surface area contributed by atoms with Gasteiger partial charge in [-0.25, -0.2) is 0 Å². The third kappa shape index (κ3) is 2.61. The number of hydrogen-bond acceptors (Lipinski definition) is 3. The first-order valence-corrected chi connectivity index (χ1v) is 7.01. The minimum Gasteiger partial charge on any atom is -0.481 e. The highest BCUT2D eigenvalue weighted by Gasteiger charge is 2.48. The molecule has 1 N–H and O–H groups in total. The maximum Gasteiger partial charge on any atom is 0.308 e. The van der Waals surface area contributed by atoms with Crippen molar-refractivity contribution in [1.82, 2.24) is 4.90 Å². The summed E-state index contributed by atoms with van der Waals surface area (Å²) in [5.74, 6) is -1.02. The number of likely N-dealkylation sites (tertiary alicyclic amines) is 1. The zero-order chi connectivity index (χ0) is 14.0. The van der Waals surface area contributed by atoms with Crippen molar-refractivity contribution >= 4 is 11.9 Å². The molecule has 1 heterocycles. The van der Waals surface area contributed by atoms with Gasteiger partial charge < -0.3 is 14.7 Å². The van der Waals surface area contributed by atoms with Gasteiger partial charge in [-0.05, 0) is 25.2 Å². The van der Waals surface area contributed by atoms with E-state index < -0.39 is 11.9 Å². The Labute approximate surface area is 113 Å². The molecule has 5 heteroatoms. The average molecular weight is 269 g/mol. The van der Waals surface area contributed by atoms with Gasteiger partial charge >= 0.3 is 5.97 Å². The van der Waals surface area contributed by atoms with Crippen molar-refractivity contribution in [2.24, 2.45) is 17.3 Å². The van der Waals surface area contributed by atoms with Crippen molar-refractivity contribution in [2.75, 3.05) is 26.8 Å². The zero-order valence-corrected chi connectivity index (χ0v) is 11.7. The summed E-state index contributed by atoms with van der Waals surface area (Å²) in [5.41, 5.74) is -0.275. The monoisotopic (exact) mass is 269 g/mol. The molecule has 0 spiro atoms. The molecular weight excluding hydrogens is 246 g/mol. The summed E-state index contributed by atoms with van der Waals surface area (Å²) in [6.07, 6.45) is 3.67. The Morgan fingerprint density at radius 3 is 2.47 bits per heavy atom. The van der Waals surface area contributed by atoms with Gasteiger partial charge in [0.1, 0.15) is 0 Å². The van der Waals surface area contributed by atoms with E-state index in [0.717, 1.165) is 25.7 Å². The van der Waals surface area contributed by atoms with E-state index in [-0.39, 0.29) is 17.2 Å². The number of carbonyl (C=O) groups is 2. The van der Waals surface area contributed by atoms with Crippen molar-refractivity contribution < 1.29 is 19.4 Å². The molecule has 2 fully saturated rings. The molecule has 108 valence electrons. The summed E-state index contributed by atoms with van der Waals surface area (Å²) in [4.78, 5) is 25.5. The number of ether oxygens (including phenoxy) is 1. The van der Waals surface area contributed by atoms with Crippen LogP contribution in [0.3, 0.4) is 0 Å². The lowest BCUT2D eigenvalue weighted by atomic mass is 9.66. The van der Waals surface area contributed by atoms with Gasteiger partial charge in [0.2, 0.25) is 5.91 Å². The standard InChI is InChI=1S/C14H23NO4/c1-10-8-15(9-11(10)12(16)17)13(18)14(4-3-5-14)6-7-19-2/h10-11H,3-9H2,1-2H3,(H,16,17)/t10-,11-/m1/s1. The molecule has 0 aromatic rings. The minimum atomic E-state index is -0.789. The smallest absolute Gasteiger partial charge is 0.308 e. The molecule has 0 bridgehead atoms. The fraction of sp³-hybridized carbons (Fsp3) is 0.857. The Morgan fingerprint density at radius 1 is 1.37 bits per heavy atom. The Bertz CT molecular complexity index is 364. The van der Waals surface area contributed by atoms with Crippen LogP contribution in [0.15, 0.2) is 0 Å². The fourth-order valence-corrected chi connectivity index (χ4v) is 3.26. The summed E-state index contributed by atoms with van der Waals surface area (Å²) < 4.78 is 5.10. The molecule has 1 saturated carbocycles. The van der Waals surface area contributed by atoms with Crippen LogP contribution < -0.4 is 0 Å². The Kier molecular flexibility index (Phi) is 4.13. The second kappa shape index (κ2) is 5.49. The van der Waals surface area contributed by atoms with Gasteiger partial charge in [-0.15, -0.1) is 0 Å². The van der Waals surface area contributed by atoms with E-state index in [4.69, 9.17) is 9.84 Å². The zero-order valence-electron chi connectivity index (χ0n) is 11.7. The third-order valence-electron chi connectivity index (χ3n) is 4.77. The van der Waals surface area contributed by atoms with Gasteiger partial charge in [-0.3, -0.25) is 9.59 Å². The number of hydrogen-bond donors (Lipinski definition) is 1. The molecule has 0 aromatic heterocycles. The number of aliphatic carboxylic acids is 1. The maximum atomic E-state index is 12.6. The van der Waals surface area contributed by atoms with E-state index in [1.807, 2.05) is 6.92 Å². The van der Waals surface area contributed by atoms with Crippen LogP contribution in [-0.4, -0.2) is 48.7 Å². The van der Waals surface area contributed by atoms with E-state index in [9.17, 15) is 9.59 Å². The van der Waals surface area contributed by atoms with Gasteiger partial charge in [0.05, 0.1) is 11.3 Å². The molecule has 2 atom stereocenters. The summed E-state index contributed by atoms with van der Waals surface area (Å²) in [6, 6.07) is 0. The van der Waals surface area contributed by atoms with Crippen molar-refractivity contribution in [3.05, 3.63) is 0 Å². The maximum absolute atomic E-state index is 12.6. The lowest BCUT2D eigenvalue weighted by Gasteiger charge is -2.42. The van der Waals surface area contributed by atoms with Crippen LogP contribution in [0.4, 0.5) is 0 Å². The first-order valence-electron chi connectivity index (χ1n) is 7.01. The van der Waals surface area contributed by atoms with E-state index in [1.54, 1.807) is 12.0 Å². The lowest BCUT2D eigenvalue weighted by molar-refractivity contribution is -0.148. The molecule has 1 amide bonds. The number of amides is 1. The van der Waals surface area contributed by atoms with Gasteiger partial charge in [0.25, 0.3) is 0 Å². The molecule has 19 heavy (non-hydrogen) atoms. The number of rotatable bonds is 5. The number of carboxylic acids is 1. The highest BCUT2D eigenvalue weighted by molar-refractivity contribution is 5.85. The molecule has 2 rings (SSSR count). The van der Waals surface area contributed by atoms with Gasteiger partial charge in [0.15, 0.2) is 0 Å². The Morgan fingerprint density at radius 2 is 2.05 bits per heavy atom. The van der Waals surface area contributed by atoms with Crippen molar-refractivity contribution in [3.8, 4) is 0 Å². The Hall–Kier alpha value is -1.10. The summed E-state index contributed by atoms with van der Waals surface area (Å²) >= 11 is 0. The van der Waals surface area contributed by atoms with Gasteiger partial charge in [-0.2, -0.15) is 0 Å². The van der Waals surface area contributed by atoms with Crippen molar-refractivity contribution in [2.45, 2.75) is 32.6 Å². The SMILES string of the molecule is COCCC1(C(=O)N2C[C@@H](C)[C@H](C(=O)O)C2)CCC1. The van der Waals surface area contributed by atoms with Crippen molar-refractivity contribution in [3.63, 3.8) is 0 Å². The average Bonchev–Trinajstić information content (AvgIpc) is 2.70. The van der Waals surface area contributed by atoms with Crippen LogP contribution in [0.1, 0.15) is 32.6 Å². The third-order valence-corrected chi connectivity index (χ3v) is 4.77. The van der Waals surface area contributed by atoms with Crippen LogP contribution >= 0.6 is 0 Å². The molecule has 0 aromatic carbocycles. The molecule has 0 radical (unpaired) electrons. The van der Waals surface area contributed by atoms with E-state index in [0.29, 0.717) is 19.7 Å². The van der Waals surface area contributed by atoms with Gasteiger partial charge in [-0.1, -0.05) is 13.3 Å². The highest BCUT2D eigenvalue weighted by Crippen LogP contribution is 2.46. The molecule has 1 aliphatic carbocycles. The lowest BCUT2D eigenvalue weighted by Crippen LogP contribution is -2.48. The summed E-state index contributed by atoms with van der Waals surface area (Å²) in [6.45, 7) is 3.45. The molecule has 2 aliphatic rings. The molecule has 0 unspecified atom stereocenters. The van der Waals surface area contributed by atoms with Crippen LogP contribution in [0.5, 0.6) is 0 Å². The molecule has 1 aliphatic heterocycles. The Balaban J connectivity index is 2.01. The van der Waals surface area contributed by atoms with Crippen LogP contribution in [0.25, 0.3) is 0 Å². The largest absolute Gasteiger partial charge is 0.481 e. The van der Waals surface area contributed by atoms with Crippen molar-refractivity contribution in [1.29, 1.82) is 0 Å². The van der Waals surface area contributed by atoms with Gasteiger partial charge in [0, 0.05) is 26.8 Å². The predicted molar refractivity (Wildman–Crippen MR) is 69.6 cm³/mol. The number of carbonyl (C=O) groups excluding carboxylic acids is 1. The second-order valence-electron chi connectivity index (χ2n) is 6.01. The minimum absolute atomic E-state index is 0.0426. The molecule has 5 nitrogen and oxygen atoms in total. The summed E-state index contributed by atoms with van der Waals surface area (Å²) in [5, 5.41) is 9.14. The first-order chi connectivity index (χ1) is 9.00. The first kappa shape index (κ1) is 14.3. The predicted octanol–water partition coefficient (Wildman–Crippen LogP) is 1.37. The van der Waals surface area contributed by atoms with Crippen LogP contribution in [0.2, 0.25) is 0 Å². The topological polar surface area (TPSA) is 66.8 Å². The number of methoxy groups -OCH3 is 1. The normalized spacial score (nSPS) is 29.1. The summed E-state index contributed by atoms with van der Waals surface area (Å²) in [7, 11) is 1.65. The number of nitrogens with zero attached hydrogens (tertiary/aromatic N) is 1.